The fraction of sp³-hybridized carbons (Fsp3) is 0.145. The summed E-state index contributed by atoms with van der Waals surface area (Å²) in [7, 11) is 0. The van der Waals surface area contributed by atoms with Crippen molar-refractivity contribution < 1.29 is 0 Å². The van der Waals surface area contributed by atoms with E-state index < -0.39 is 5.41 Å². The van der Waals surface area contributed by atoms with Crippen molar-refractivity contribution in [3.05, 3.63) is 298 Å². The number of hydrogen-bond donors (Lipinski definition) is 0. The van der Waals surface area contributed by atoms with Crippen LogP contribution in [0.1, 0.15) is 89.6 Å². The minimum absolute atomic E-state index is 0.0518. The van der Waals surface area contributed by atoms with Gasteiger partial charge >= 0.3 is 0 Å². The monoisotopic (exact) mass is 925 g/mol. The summed E-state index contributed by atoms with van der Waals surface area (Å²) in [6, 6.07) is 75.6. The summed E-state index contributed by atoms with van der Waals surface area (Å²) in [4.78, 5) is 16.3. The number of aromatic nitrogens is 3. The summed E-state index contributed by atoms with van der Waals surface area (Å²) in [5.74, 6) is 2.47. The van der Waals surface area contributed by atoms with Crippen LogP contribution in [-0.4, -0.2) is 15.0 Å². The van der Waals surface area contributed by atoms with Crippen molar-refractivity contribution in [1.82, 2.24) is 15.0 Å². The van der Waals surface area contributed by atoms with Crippen LogP contribution < -0.4 is 0 Å². The van der Waals surface area contributed by atoms with E-state index >= 15 is 0 Å². The minimum atomic E-state index is -0.532. The molecule has 0 N–H and O–H groups in total. The van der Waals surface area contributed by atoms with Crippen molar-refractivity contribution in [3.63, 3.8) is 0 Å². The van der Waals surface area contributed by atoms with Gasteiger partial charge in [-0.3, -0.25) is 0 Å². The molecule has 4 aliphatic rings. The molecule has 3 nitrogen and oxygen atoms in total. The van der Waals surface area contributed by atoms with Crippen LogP contribution >= 0.6 is 0 Å². The highest BCUT2D eigenvalue weighted by molar-refractivity contribution is 5.81. The Morgan fingerprint density at radius 3 is 1.64 bits per heavy atom. The van der Waals surface area contributed by atoms with E-state index in [4.69, 9.17) is 15.0 Å². The normalized spacial score (nSPS) is 18.8. The molecule has 13 rings (SSSR count). The molecule has 0 radical (unpaired) electrons. The van der Waals surface area contributed by atoms with E-state index in [1.165, 1.54) is 89.0 Å². The molecule has 0 aliphatic heterocycles. The number of allylic oxidation sites excluding steroid dienone is 8. The third kappa shape index (κ3) is 7.21. The van der Waals surface area contributed by atoms with Gasteiger partial charge in [0, 0.05) is 29.2 Å². The number of hydrogen-bond acceptors (Lipinski definition) is 3. The molecule has 2 unspecified atom stereocenters. The van der Waals surface area contributed by atoms with Crippen molar-refractivity contribution >= 4 is 5.57 Å². The van der Waals surface area contributed by atoms with E-state index in [0.29, 0.717) is 12.3 Å². The van der Waals surface area contributed by atoms with Gasteiger partial charge in [0.25, 0.3) is 0 Å². The van der Waals surface area contributed by atoms with Gasteiger partial charge in [-0.05, 0) is 102 Å². The SMILES string of the molecule is C[C@H]1CC(c2ccccc2)=CC=C1Cc1nc(-c2ccccc2)nc(C2C=CC=C3C2c2cc(-c4cccc(-c5ccc(-c6ccccc6)cc5)c4)ccc2C32c3ccccc3C(C)(C)c3ccccc32)n1. The third-order valence-electron chi connectivity index (χ3n) is 16.2. The molecular weight excluding hydrogens is 871 g/mol. The minimum Gasteiger partial charge on any atom is -0.217 e. The van der Waals surface area contributed by atoms with Crippen LogP contribution in [0.5, 0.6) is 0 Å². The Kier molecular flexibility index (Phi) is 10.7. The first-order valence-corrected chi connectivity index (χ1v) is 25.6. The summed E-state index contributed by atoms with van der Waals surface area (Å²) in [5, 5.41) is 0. The molecule has 3 atom stereocenters. The van der Waals surface area contributed by atoms with Crippen LogP contribution in [0.4, 0.5) is 0 Å². The zero-order valence-corrected chi connectivity index (χ0v) is 41.0. The Hall–Kier alpha value is -8.27. The zero-order valence-electron chi connectivity index (χ0n) is 41.0. The quantitative estimate of drug-likeness (QED) is 0.152. The van der Waals surface area contributed by atoms with E-state index in [1.54, 1.807) is 0 Å². The topological polar surface area (TPSA) is 38.7 Å². The molecule has 0 amide bonds. The van der Waals surface area contributed by atoms with Crippen molar-refractivity contribution in [3.8, 4) is 44.8 Å². The molecule has 0 bridgehead atoms. The van der Waals surface area contributed by atoms with Gasteiger partial charge in [0.1, 0.15) is 11.6 Å². The van der Waals surface area contributed by atoms with Crippen LogP contribution in [0.25, 0.3) is 50.3 Å². The van der Waals surface area contributed by atoms with Crippen LogP contribution in [0, 0.1) is 5.92 Å². The Morgan fingerprint density at radius 1 is 0.458 bits per heavy atom. The Morgan fingerprint density at radius 2 is 0.986 bits per heavy atom. The predicted octanol–water partition coefficient (Wildman–Crippen LogP) is 16.5. The fourth-order valence-corrected chi connectivity index (χ4v) is 12.7. The van der Waals surface area contributed by atoms with Crippen LogP contribution in [0.15, 0.2) is 248 Å². The molecule has 0 saturated carbocycles. The first kappa shape index (κ1) is 43.7. The Bertz CT molecular complexity index is 3620. The average molecular weight is 926 g/mol. The van der Waals surface area contributed by atoms with Gasteiger partial charge in [-0.15, -0.1) is 0 Å². The predicted molar refractivity (Wildman–Crippen MR) is 296 cm³/mol. The summed E-state index contributed by atoms with van der Waals surface area (Å²) in [6.07, 6.45) is 13.3. The number of rotatable bonds is 8. The van der Waals surface area contributed by atoms with Gasteiger partial charge in [-0.1, -0.05) is 257 Å². The lowest BCUT2D eigenvalue weighted by Crippen LogP contribution is -2.41. The van der Waals surface area contributed by atoms with Crippen molar-refractivity contribution in [1.29, 1.82) is 0 Å². The number of nitrogens with zero attached hydrogens (tertiary/aromatic N) is 3. The lowest BCUT2D eigenvalue weighted by atomic mass is 9.54. The Labute approximate surface area is 423 Å². The van der Waals surface area contributed by atoms with Gasteiger partial charge < -0.3 is 0 Å². The molecule has 1 heterocycles. The van der Waals surface area contributed by atoms with Gasteiger partial charge in [-0.2, -0.15) is 0 Å². The molecule has 9 aromatic rings. The van der Waals surface area contributed by atoms with Crippen molar-refractivity contribution in [2.45, 2.75) is 56.3 Å². The highest BCUT2D eigenvalue weighted by Gasteiger charge is 2.58. The van der Waals surface area contributed by atoms with E-state index in [-0.39, 0.29) is 17.3 Å². The molecule has 8 aromatic carbocycles. The van der Waals surface area contributed by atoms with Gasteiger partial charge in [0.05, 0.1) is 5.41 Å². The largest absolute Gasteiger partial charge is 0.217 e. The second kappa shape index (κ2) is 17.5. The van der Waals surface area contributed by atoms with E-state index in [0.717, 1.165) is 29.5 Å². The highest BCUT2D eigenvalue weighted by Crippen LogP contribution is 2.66. The van der Waals surface area contributed by atoms with E-state index in [2.05, 4.69) is 257 Å². The summed E-state index contributed by atoms with van der Waals surface area (Å²) in [5.41, 5.74) is 20.9. The molecule has 0 saturated heterocycles. The molecule has 346 valence electrons. The van der Waals surface area contributed by atoms with Gasteiger partial charge in [-0.25, -0.2) is 15.0 Å². The Balaban J connectivity index is 0.972. The smallest absolute Gasteiger partial charge is 0.163 e. The molecule has 1 spiro atoms. The highest BCUT2D eigenvalue weighted by atomic mass is 15.0. The lowest BCUT2D eigenvalue weighted by Gasteiger charge is -2.47. The maximum atomic E-state index is 5.56. The van der Waals surface area contributed by atoms with Gasteiger partial charge in [0.2, 0.25) is 0 Å². The van der Waals surface area contributed by atoms with Crippen LogP contribution in [0.3, 0.4) is 0 Å². The summed E-state index contributed by atoms with van der Waals surface area (Å²) >= 11 is 0. The van der Waals surface area contributed by atoms with Crippen LogP contribution in [0.2, 0.25) is 0 Å². The number of fused-ring (bicyclic) bond motifs is 9. The standard InChI is InChI=1S/C69H55N3/c1-45-41-54(47-21-9-5-10-22-47)38-37-51(45)44-64-70-66(50-23-11-6-12-24-50)72-67(71-64)56-27-18-32-63-65(56)57-43-55(53-26-17-25-52(42-53)49-35-33-48(34-36-49)46-19-7-4-8-20-46)39-40-58(57)69(63)61-30-15-13-28-59(61)68(2,3)60-29-14-16-31-62(60)69/h4-40,42-43,45,56,65H,41,44H2,1-3H3/t45-,56?,65?/m0/s1. The number of benzene rings is 8. The second-order valence-electron chi connectivity index (χ2n) is 20.7. The maximum absolute atomic E-state index is 5.56. The molecule has 72 heavy (non-hydrogen) atoms. The van der Waals surface area contributed by atoms with Crippen molar-refractivity contribution in [2.75, 3.05) is 0 Å². The molecule has 1 aromatic heterocycles. The average Bonchev–Trinajstić information content (AvgIpc) is 3.74. The molecule has 4 aliphatic carbocycles. The summed E-state index contributed by atoms with van der Waals surface area (Å²) < 4.78 is 0. The van der Waals surface area contributed by atoms with Crippen LogP contribution in [-0.2, 0) is 17.3 Å². The maximum Gasteiger partial charge on any atom is 0.163 e. The molecule has 0 fully saturated rings. The lowest BCUT2D eigenvalue weighted by molar-refractivity contribution is 0.542. The fourth-order valence-electron chi connectivity index (χ4n) is 12.7. The second-order valence-corrected chi connectivity index (χ2v) is 20.7. The van der Waals surface area contributed by atoms with Crippen molar-refractivity contribution in [2.24, 2.45) is 5.92 Å². The third-order valence-corrected chi connectivity index (χ3v) is 16.2. The first-order chi connectivity index (χ1) is 35.3. The first-order valence-electron chi connectivity index (χ1n) is 25.6. The summed E-state index contributed by atoms with van der Waals surface area (Å²) in [6.45, 7) is 7.13. The van der Waals surface area contributed by atoms with E-state index in [9.17, 15) is 0 Å². The van der Waals surface area contributed by atoms with Gasteiger partial charge in [0.15, 0.2) is 5.82 Å². The molecular formula is C69H55N3. The van der Waals surface area contributed by atoms with E-state index in [1.807, 2.05) is 0 Å². The zero-order chi connectivity index (χ0) is 48.4. The molecule has 3 heteroatoms.